The summed E-state index contributed by atoms with van der Waals surface area (Å²) in [5.41, 5.74) is 4.35. The largest absolute Gasteiger partial charge is 0.493 e. The first-order chi connectivity index (χ1) is 14.7. The van der Waals surface area contributed by atoms with E-state index in [1.165, 1.54) is 0 Å². The number of aryl methyl sites for hydroxylation is 1. The molecule has 5 heteroatoms. The monoisotopic (exact) mass is 425 g/mol. The zero-order valence-electron chi connectivity index (χ0n) is 19.7. The number of ether oxygens (including phenoxy) is 2. The van der Waals surface area contributed by atoms with E-state index in [2.05, 4.69) is 18.4 Å². The summed E-state index contributed by atoms with van der Waals surface area (Å²) in [6.07, 6.45) is 4.03. The number of benzene rings is 1. The fourth-order valence-electron chi connectivity index (χ4n) is 4.26. The van der Waals surface area contributed by atoms with Crippen LogP contribution in [0.2, 0.25) is 0 Å². The van der Waals surface area contributed by atoms with E-state index in [-0.39, 0.29) is 23.2 Å². The Morgan fingerprint density at radius 2 is 1.90 bits per heavy atom. The molecule has 0 bridgehead atoms. The lowest BCUT2D eigenvalue weighted by Crippen LogP contribution is -2.26. The Labute approximate surface area is 185 Å². The summed E-state index contributed by atoms with van der Waals surface area (Å²) >= 11 is 0. The van der Waals surface area contributed by atoms with Gasteiger partial charge in [-0.25, -0.2) is 0 Å². The number of hydrogen-bond donors (Lipinski definition) is 0. The number of nitrogens with zero attached hydrogens (tertiary/aromatic N) is 1. The highest BCUT2D eigenvalue weighted by atomic mass is 16.5. The van der Waals surface area contributed by atoms with Crippen LogP contribution in [0, 0.1) is 18.8 Å². The van der Waals surface area contributed by atoms with Crippen molar-refractivity contribution >= 4 is 5.78 Å². The predicted octanol–water partition coefficient (Wildman–Crippen LogP) is 5.22. The minimum absolute atomic E-state index is 0.0246. The first-order valence-corrected chi connectivity index (χ1v) is 11.3. The van der Waals surface area contributed by atoms with E-state index in [4.69, 9.17) is 9.47 Å². The number of fused-ring (bicyclic) bond motifs is 3. The number of hydrogen-bond acceptors (Lipinski definition) is 4. The summed E-state index contributed by atoms with van der Waals surface area (Å²) in [5, 5.41) is 0. The van der Waals surface area contributed by atoms with Crippen molar-refractivity contribution in [3.63, 3.8) is 0 Å². The second-order valence-electron chi connectivity index (χ2n) is 9.35. The van der Waals surface area contributed by atoms with Crippen LogP contribution in [0.15, 0.2) is 29.2 Å². The first kappa shape index (κ1) is 23.3. The molecule has 1 atom stereocenters. The third-order valence-corrected chi connectivity index (χ3v) is 5.95. The predicted molar refractivity (Wildman–Crippen MR) is 124 cm³/mol. The molecule has 0 radical (unpaired) electrons. The van der Waals surface area contributed by atoms with Crippen molar-refractivity contribution < 1.29 is 14.3 Å². The number of methoxy groups -OCH3 is 1. The van der Waals surface area contributed by atoms with Crippen LogP contribution in [-0.4, -0.2) is 30.7 Å². The summed E-state index contributed by atoms with van der Waals surface area (Å²) in [6, 6.07) is 5.95. The van der Waals surface area contributed by atoms with Gasteiger partial charge in [0.25, 0.3) is 0 Å². The summed E-state index contributed by atoms with van der Waals surface area (Å²) in [5.74, 6) is 1.38. The molecular weight excluding hydrogens is 390 g/mol. The van der Waals surface area contributed by atoms with E-state index < -0.39 is 0 Å². The molecule has 31 heavy (non-hydrogen) atoms. The van der Waals surface area contributed by atoms with Gasteiger partial charge in [-0.1, -0.05) is 27.7 Å². The average molecular weight is 426 g/mol. The van der Waals surface area contributed by atoms with E-state index in [1.54, 1.807) is 13.2 Å². The van der Waals surface area contributed by atoms with Gasteiger partial charge in [0, 0.05) is 56.0 Å². The molecule has 3 rings (SSSR count). The van der Waals surface area contributed by atoms with Gasteiger partial charge < -0.3 is 14.0 Å². The molecule has 5 nitrogen and oxygen atoms in total. The molecule has 168 valence electrons. The second-order valence-corrected chi connectivity index (χ2v) is 9.35. The molecule has 1 aliphatic rings. The van der Waals surface area contributed by atoms with Crippen LogP contribution in [0.5, 0.6) is 5.75 Å². The molecular formula is C26H35NO4. The van der Waals surface area contributed by atoms with Crippen LogP contribution < -0.4 is 10.2 Å². The van der Waals surface area contributed by atoms with Crippen LogP contribution in [0.4, 0.5) is 0 Å². The number of Topliss-reactive ketones (excluding diaryl/α,β-unsaturated/α-hetero) is 1. The first-order valence-electron chi connectivity index (χ1n) is 11.3. The van der Waals surface area contributed by atoms with Crippen LogP contribution >= 0.6 is 0 Å². The van der Waals surface area contributed by atoms with E-state index in [9.17, 15) is 9.59 Å². The number of ketones is 1. The van der Waals surface area contributed by atoms with Crippen LogP contribution in [0.1, 0.15) is 68.1 Å². The van der Waals surface area contributed by atoms with Crippen LogP contribution in [-0.2, 0) is 11.2 Å². The molecule has 2 heterocycles. The van der Waals surface area contributed by atoms with Gasteiger partial charge in [0.15, 0.2) is 11.2 Å². The van der Waals surface area contributed by atoms with Gasteiger partial charge in [-0.2, -0.15) is 0 Å². The summed E-state index contributed by atoms with van der Waals surface area (Å²) in [7, 11) is 1.67. The second kappa shape index (κ2) is 9.82. The van der Waals surface area contributed by atoms with Crippen molar-refractivity contribution in [2.24, 2.45) is 11.8 Å². The lowest BCUT2D eigenvalue weighted by molar-refractivity contribution is 0.0963. The van der Waals surface area contributed by atoms with Gasteiger partial charge in [-0.3, -0.25) is 9.59 Å². The Balaban J connectivity index is 2.13. The number of aromatic nitrogens is 1. The number of carbonyl (C=O) groups is 1. The molecule has 0 spiro atoms. The standard InChI is InChI=1S/C26H35NO4/c1-16(2)10-25(29)21-13-20-19(12-26(21)31-9-7-8-30-6)11-22(17(3)4)27-15-18(5)24(28)14-23(20)27/h12-17,22H,7-11H2,1-6H3. The Hall–Kier alpha value is -2.40. The van der Waals surface area contributed by atoms with Gasteiger partial charge in [0.1, 0.15) is 5.75 Å². The highest BCUT2D eigenvalue weighted by molar-refractivity contribution is 6.00. The summed E-state index contributed by atoms with van der Waals surface area (Å²) < 4.78 is 13.4. The highest BCUT2D eigenvalue weighted by Crippen LogP contribution is 2.40. The third kappa shape index (κ3) is 5.09. The molecule has 0 fully saturated rings. The molecule has 0 N–H and O–H groups in total. The molecule has 1 aliphatic heterocycles. The van der Waals surface area contributed by atoms with Crippen molar-refractivity contribution in [2.75, 3.05) is 20.3 Å². The highest BCUT2D eigenvalue weighted by Gasteiger charge is 2.29. The lowest BCUT2D eigenvalue weighted by atomic mass is 9.85. The fraction of sp³-hybridized carbons (Fsp3) is 0.538. The Kier molecular flexibility index (Phi) is 7.37. The van der Waals surface area contributed by atoms with Crippen LogP contribution in [0.25, 0.3) is 11.3 Å². The van der Waals surface area contributed by atoms with Gasteiger partial charge >= 0.3 is 0 Å². The zero-order valence-corrected chi connectivity index (χ0v) is 19.7. The lowest BCUT2D eigenvalue weighted by Gasteiger charge is -2.34. The Bertz CT molecular complexity index is 1000. The van der Waals surface area contributed by atoms with Crippen molar-refractivity contribution in [3.05, 3.63) is 51.3 Å². The minimum atomic E-state index is 0.0246. The van der Waals surface area contributed by atoms with Crippen molar-refractivity contribution in [1.29, 1.82) is 0 Å². The SMILES string of the molecule is COCCCOc1cc2c(cc1C(=O)CC(C)C)-c1cc(=O)c(C)cn1C(C(C)C)C2. The number of carbonyl (C=O) groups excluding carboxylic acids is 1. The average Bonchev–Trinajstić information content (AvgIpc) is 2.70. The normalized spacial score (nSPS) is 15.2. The van der Waals surface area contributed by atoms with Gasteiger partial charge in [-0.05, 0) is 42.9 Å². The molecule has 0 saturated carbocycles. The maximum atomic E-state index is 13.1. The summed E-state index contributed by atoms with van der Waals surface area (Å²) in [4.78, 5) is 25.6. The van der Waals surface area contributed by atoms with E-state index in [0.29, 0.717) is 36.9 Å². The van der Waals surface area contributed by atoms with Crippen molar-refractivity contribution in [1.82, 2.24) is 4.57 Å². The van der Waals surface area contributed by atoms with E-state index in [0.717, 1.165) is 35.2 Å². The smallest absolute Gasteiger partial charge is 0.185 e. The number of rotatable bonds is 9. The maximum absolute atomic E-state index is 13.1. The molecule has 1 aromatic heterocycles. The van der Waals surface area contributed by atoms with Crippen molar-refractivity contribution in [2.45, 2.75) is 59.9 Å². The summed E-state index contributed by atoms with van der Waals surface area (Å²) in [6.45, 7) is 11.5. The minimum Gasteiger partial charge on any atom is -0.493 e. The molecule has 0 amide bonds. The molecule has 1 unspecified atom stereocenters. The van der Waals surface area contributed by atoms with Gasteiger partial charge in [0.2, 0.25) is 0 Å². The maximum Gasteiger partial charge on any atom is 0.185 e. The Morgan fingerprint density at radius 3 is 2.55 bits per heavy atom. The van der Waals surface area contributed by atoms with Gasteiger partial charge in [0.05, 0.1) is 17.9 Å². The molecule has 0 saturated heterocycles. The molecule has 0 aliphatic carbocycles. The third-order valence-electron chi connectivity index (χ3n) is 5.95. The van der Waals surface area contributed by atoms with Crippen molar-refractivity contribution in [3.8, 4) is 17.0 Å². The fourth-order valence-corrected chi connectivity index (χ4v) is 4.26. The quantitative estimate of drug-likeness (QED) is 0.408. The van der Waals surface area contributed by atoms with E-state index in [1.807, 2.05) is 39.1 Å². The van der Waals surface area contributed by atoms with E-state index >= 15 is 0 Å². The zero-order chi connectivity index (χ0) is 22.7. The number of pyridine rings is 1. The molecule has 1 aromatic carbocycles. The van der Waals surface area contributed by atoms with Gasteiger partial charge in [-0.15, -0.1) is 0 Å². The molecule has 2 aromatic rings. The topological polar surface area (TPSA) is 57.5 Å². The Morgan fingerprint density at radius 1 is 1.16 bits per heavy atom. The van der Waals surface area contributed by atoms with Crippen LogP contribution in [0.3, 0.4) is 0 Å².